The van der Waals surface area contributed by atoms with Crippen molar-refractivity contribution in [1.82, 2.24) is 4.98 Å². The molecular weight excluding hydrogens is 365 g/mol. The first kappa shape index (κ1) is 13.1. The molecule has 4 nitrogen and oxygen atoms in total. The van der Waals surface area contributed by atoms with E-state index >= 15 is 0 Å². The van der Waals surface area contributed by atoms with E-state index in [1.54, 1.807) is 18.2 Å². The largest absolute Gasteiger partial charge is 0.397 e. The van der Waals surface area contributed by atoms with Gasteiger partial charge < -0.3 is 11.1 Å². The molecule has 0 aliphatic carbocycles. The number of nitrogens with zero attached hydrogens (tertiary/aromatic N) is 1. The van der Waals surface area contributed by atoms with Crippen LogP contribution in [-0.4, -0.2) is 10.9 Å². The van der Waals surface area contributed by atoms with Crippen LogP contribution in [0.1, 0.15) is 10.4 Å². The second-order valence-corrected chi connectivity index (χ2v) is 5.19. The second kappa shape index (κ2) is 5.53. The molecule has 0 aliphatic rings. The zero-order chi connectivity index (χ0) is 13.1. The highest BCUT2D eigenvalue weighted by atomic mass is 127. The maximum Gasteiger partial charge on any atom is 0.257 e. The Morgan fingerprint density at radius 2 is 2.17 bits per heavy atom. The molecule has 2 rings (SSSR count). The summed E-state index contributed by atoms with van der Waals surface area (Å²) in [5.74, 6) is -0.307. The van der Waals surface area contributed by atoms with Crippen molar-refractivity contribution in [2.45, 2.75) is 0 Å². The van der Waals surface area contributed by atoms with Crippen LogP contribution < -0.4 is 11.1 Å². The number of hydrogen-bond donors (Lipinski definition) is 2. The van der Waals surface area contributed by atoms with E-state index in [0.29, 0.717) is 22.0 Å². The van der Waals surface area contributed by atoms with Crippen LogP contribution >= 0.6 is 34.2 Å². The highest BCUT2D eigenvalue weighted by Gasteiger charge is 2.11. The summed E-state index contributed by atoms with van der Waals surface area (Å²) in [6.07, 6.45) is 2.95. The smallest absolute Gasteiger partial charge is 0.257 e. The number of hydrogen-bond acceptors (Lipinski definition) is 3. The lowest BCUT2D eigenvalue weighted by Crippen LogP contribution is -2.14. The number of amides is 1. The minimum Gasteiger partial charge on any atom is -0.397 e. The maximum atomic E-state index is 12.0. The van der Waals surface area contributed by atoms with Gasteiger partial charge in [-0.1, -0.05) is 11.6 Å². The lowest BCUT2D eigenvalue weighted by molar-refractivity contribution is 0.102. The van der Waals surface area contributed by atoms with Crippen molar-refractivity contribution in [3.8, 4) is 0 Å². The molecule has 0 saturated heterocycles. The number of aromatic nitrogens is 1. The van der Waals surface area contributed by atoms with Gasteiger partial charge in [0.1, 0.15) is 0 Å². The van der Waals surface area contributed by atoms with Gasteiger partial charge in [0.15, 0.2) is 0 Å². The van der Waals surface area contributed by atoms with Crippen molar-refractivity contribution < 1.29 is 4.79 Å². The molecule has 1 heterocycles. The third-order valence-corrected chi connectivity index (χ3v) is 3.26. The number of carbonyl (C=O) groups excluding carboxylic acids is 1. The van der Waals surface area contributed by atoms with Crippen molar-refractivity contribution in [2.75, 3.05) is 11.1 Å². The molecule has 0 saturated carbocycles. The summed E-state index contributed by atoms with van der Waals surface area (Å²) in [6, 6.07) is 6.94. The van der Waals surface area contributed by atoms with E-state index in [1.165, 1.54) is 12.4 Å². The molecule has 0 spiro atoms. The van der Waals surface area contributed by atoms with Crippen molar-refractivity contribution >= 4 is 51.5 Å². The molecule has 2 aromatic rings. The molecule has 6 heteroatoms. The summed E-state index contributed by atoms with van der Waals surface area (Å²) in [7, 11) is 0. The van der Waals surface area contributed by atoms with Crippen LogP contribution in [0.4, 0.5) is 11.4 Å². The van der Waals surface area contributed by atoms with Crippen LogP contribution in [0.5, 0.6) is 0 Å². The van der Waals surface area contributed by atoms with E-state index in [4.69, 9.17) is 17.3 Å². The number of carbonyl (C=O) groups is 1. The number of halogens is 2. The van der Waals surface area contributed by atoms with Gasteiger partial charge in [-0.2, -0.15) is 0 Å². The molecule has 0 bridgehead atoms. The SMILES string of the molecule is Nc1cnccc1C(=O)Nc1ccc(I)cc1Cl. The van der Waals surface area contributed by atoms with Crippen LogP contribution in [0.25, 0.3) is 0 Å². The number of benzene rings is 1. The predicted octanol–water partition coefficient (Wildman–Crippen LogP) is 3.17. The van der Waals surface area contributed by atoms with Crippen LogP contribution in [0.2, 0.25) is 5.02 Å². The summed E-state index contributed by atoms with van der Waals surface area (Å²) in [6.45, 7) is 0. The Hall–Kier alpha value is -1.34. The zero-order valence-electron chi connectivity index (χ0n) is 9.15. The molecule has 1 aromatic carbocycles. The standard InChI is InChI=1S/C12H9ClIN3O/c13-9-5-7(14)1-2-11(9)17-12(18)8-3-4-16-6-10(8)15/h1-6H,15H2,(H,17,18). The number of rotatable bonds is 2. The van der Waals surface area contributed by atoms with E-state index < -0.39 is 0 Å². The number of nitrogens with one attached hydrogen (secondary N) is 1. The van der Waals surface area contributed by atoms with Gasteiger partial charge in [-0.15, -0.1) is 0 Å². The van der Waals surface area contributed by atoms with E-state index in [-0.39, 0.29) is 5.91 Å². The van der Waals surface area contributed by atoms with Gasteiger partial charge in [-0.25, -0.2) is 0 Å². The van der Waals surface area contributed by atoms with Gasteiger partial charge in [0.05, 0.1) is 28.2 Å². The summed E-state index contributed by atoms with van der Waals surface area (Å²) in [4.78, 5) is 15.8. The van der Waals surface area contributed by atoms with Gasteiger partial charge >= 0.3 is 0 Å². The average Bonchev–Trinajstić information content (AvgIpc) is 2.33. The normalized spacial score (nSPS) is 10.1. The fraction of sp³-hybridized carbons (Fsp3) is 0. The topological polar surface area (TPSA) is 68.0 Å². The molecule has 92 valence electrons. The predicted molar refractivity (Wildman–Crippen MR) is 80.8 cm³/mol. The second-order valence-electron chi connectivity index (χ2n) is 3.54. The molecule has 0 atom stereocenters. The first-order valence-electron chi connectivity index (χ1n) is 5.04. The van der Waals surface area contributed by atoms with Crippen molar-refractivity contribution in [1.29, 1.82) is 0 Å². The summed E-state index contributed by atoms with van der Waals surface area (Å²) in [5, 5.41) is 3.20. The minimum absolute atomic E-state index is 0.307. The zero-order valence-corrected chi connectivity index (χ0v) is 12.1. The number of nitrogen functional groups attached to an aromatic ring is 1. The van der Waals surface area contributed by atoms with E-state index in [2.05, 4.69) is 32.9 Å². The summed E-state index contributed by atoms with van der Waals surface area (Å²) < 4.78 is 0.999. The monoisotopic (exact) mass is 373 g/mol. The Morgan fingerprint density at radius 1 is 1.39 bits per heavy atom. The van der Waals surface area contributed by atoms with Crippen LogP contribution in [0.15, 0.2) is 36.7 Å². The molecule has 0 unspecified atom stereocenters. The molecule has 3 N–H and O–H groups in total. The Bertz CT molecular complexity index is 604. The van der Waals surface area contributed by atoms with Crippen LogP contribution in [0.3, 0.4) is 0 Å². The molecule has 1 aromatic heterocycles. The molecule has 1 amide bonds. The Balaban J connectivity index is 2.24. The molecule has 0 aliphatic heterocycles. The van der Waals surface area contributed by atoms with Gasteiger partial charge in [-0.3, -0.25) is 9.78 Å². The van der Waals surface area contributed by atoms with Gasteiger partial charge in [-0.05, 0) is 46.9 Å². The molecule has 0 fully saturated rings. The Kier molecular flexibility index (Phi) is 4.03. The molecule has 18 heavy (non-hydrogen) atoms. The lowest BCUT2D eigenvalue weighted by Gasteiger charge is -2.08. The Morgan fingerprint density at radius 3 is 2.83 bits per heavy atom. The summed E-state index contributed by atoms with van der Waals surface area (Å²) >= 11 is 8.18. The third kappa shape index (κ3) is 2.91. The van der Waals surface area contributed by atoms with Crippen LogP contribution in [-0.2, 0) is 0 Å². The summed E-state index contributed by atoms with van der Waals surface area (Å²) in [5.41, 5.74) is 6.94. The van der Waals surface area contributed by atoms with E-state index in [9.17, 15) is 4.79 Å². The van der Waals surface area contributed by atoms with E-state index in [0.717, 1.165) is 3.57 Å². The number of nitrogens with two attached hydrogens (primary N) is 1. The maximum absolute atomic E-state index is 12.0. The van der Waals surface area contributed by atoms with Crippen molar-refractivity contribution in [2.24, 2.45) is 0 Å². The number of pyridine rings is 1. The first-order valence-corrected chi connectivity index (χ1v) is 6.49. The van der Waals surface area contributed by atoms with Crippen molar-refractivity contribution in [3.63, 3.8) is 0 Å². The number of anilines is 2. The Labute approximate surface area is 123 Å². The highest BCUT2D eigenvalue weighted by Crippen LogP contribution is 2.24. The van der Waals surface area contributed by atoms with Crippen molar-refractivity contribution in [3.05, 3.63) is 50.8 Å². The van der Waals surface area contributed by atoms with Gasteiger partial charge in [0, 0.05) is 9.77 Å². The lowest BCUT2D eigenvalue weighted by atomic mass is 10.2. The first-order chi connectivity index (χ1) is 8.58. The fourth-order valence-electron chi connectivity index (χ4n) is 1.39. The fourth-order valence-corrected chi connectivity index (χ4v) is 2.30. The molecular formula is C12H9ClIN3O. The van der Waals surface area contributed by atoms with Crippen LogP contribution in [0, 0.1) is 3.57 Å². The van der Waals surface area contributed by atoms with E-state index in [1.807, 2.05) is 6.07 Å². The van der Waals surface area contributed by atoms with Gasteiger partial charge in [0.2, 0.25) is 0 Å². The van der Waals surface area contributed by atoms with Gasteiger partial charge in [0.25, 0.3) is 5.91 Å². The minimum atomic E-state index is -0.307. The quantitative estimate of drug-likeness (QED) is 0.795. The third-order valence-electron chi connectivity index (χ3n) is 2.28. The average molecular weight is 374 g/mol. The molecule has 0 radical (unpaired) electrons. The highest BCUT2D eigenvalue weighted by molar-refractivity contribution is 14.1.